The van der Waals surface area contributed by atoms with Gasteiger partial charge < -0.3 is 19.7 Å². The van der Waals surface area contributed by atoms with E-state index in [0.717, 1.165) is 0 Å². The van der Waals surface area contributed by atoms with E-state index >= 15 is 0 Å². The van der Waals surface area contributed by atoms with E-state index in [1.807, 2.05) is 0 Å². The van der Waals surface area contributed by atoms with Gasteiger partial charge in [-0.25, -0.2) is 4.79 Å². The number of hydrogen-bond donors (Lipinski definition) is 2. The highest BCUT2D eigenvalue weighted by atomic mass is 16.6. The predicted octanol–water partition coefficient (Wildman–Crippen LogP) is -1.33. The van der Waals surface area contributed by atoms with Crippen molar-refractivity contribution < 1.29 is 24.5 Å². The standard InChI is InChI=1S/C7H12O5/c1-3(8)5-6(11-2)4(9)7(10)12-5/h3-6,8-9H,1-2H3/t3-,4+,5+,6-/m0/s1. The van der Waals surface area contributed by atoms with Crippen molar-refractivity contribution in [3.05, 3.63) is 0 Å². The van der Waals surface area contributed by atoms with Crippen molar-refractivity contribution in [1.82, 2.24) is 0 Å². The molecule has 1 aliphatic heterocycles. The first-order valence-corrected chi connectivity index (χ1v) is 3.67. The van der Waals surface area contributed by atoms with E-state index in [1.165, 1.54) is 14.0 Å². The van der Waals surface area contributed by atoms with Crippen LogP contribution in [0.5, 0.6) is 0 Å². The lowest BCUT2D eigenvalue weighted by Gasteiger charge is -2.19. The maximum absolute atomic E-state index is 10.8. The van der Waals surface area contributed by atoms with Gasteiger partial charge in [-0.2, -0.15) is 0 Å². The second-order valence-electron chi connectivity index (χ2n) is 2.79. The summed E-state index contributed by atoms with van der Waals surface area (Å²) in [5.74, 6) is -0.743. The van der Waals surface area contributed by atoms with Gasteiger partial charge in [0.15, 0.2) is 12.2 Å². The van der Waals surface area contributed by atoms with Crippen LogP contribution in [0.25, 0.3) is 0 Å². The highest BCUT2D eigenvalue weighted by molar-refractivity contribution is 5.77. The highest BCUT2D eigenvalue weighted by Crippen LogP contribution is 2.21. The fourth-order valence-electron chi connectivity index (χ4n) is 1.22. The van der Waals surface area contributed by atoms with E-state index in [-0.39, 0.29) is 0 Å². The van der Waals surface area contributed by atoms with Crippen LogP contribution in [0, 0.1) is 0 Å². The molecule has 0 aromatic carbocycles. The third-order valence-corrected chi connectivity index (χ3v) is 1.88. The van der Waals surface area contributed by atoms with Crippen LogP contribution in [0.15, 0.2) is 0 Å². The Kier molecular flexibility index (Phi) is 2.66. The van der Waals surface area contributed by atoms with Crippen molar-refractivity contribution >= 4 is 5.97 Å². The molecule has 0 bridgehead atoms. The highest BCUT2D eigenvalue weighted by Gasteiger charge is 2.46. The van der Waals surface area contributed by atoms with Gasteiger partial charge in [0.05, 0.1) is 6.10 Å². The van der Waals surface area contributed by atoms with E-state index in [4.69, 9.17) is 14.9 Å². The number of aliphatic hydroxyl groups excluding tert-OH is 2. The molecular formula is C7H12O5. The van der Waals surface area contributed by atoms with Crippen LogP contribution < -0.4 is 0 Å². The second kappa shape index (κ2) is 3.38. The molecule has 5 heteroatoms. The summed E-state index contributed by atoms with van der Waals surface area (Å²) < 4.78 is 9.49. The molecule has 0 aliphatic carbocycles. The topological polar surface area (TPSA) is 76.0 Å². The Labute approximate surface area is 69.9 Å². The van der Waals surface area contributed by atoms with Gasteiger partial charge in [-0.05, 0) is 6.92 Å². The smallest absolute Gasteiger partial charge is 0.338 e. The monoisotopic (exact) mass is 176 g/mol. The van der Waals surface area contributed by atoms with Crippen molar-refractivity contribution in [3.8, 4) is 0 Å². The second-order valence-corrected chi connectivity index (χ2v) is 2.79. The maximum atomic E-state index is 10.8. The molecule has 12 heavy (non-hydrogen) atoms. The molecule has 4 atom stereocenters. The number of carbonyl (C=O) groups excluding carboxylic acids is 1. The predicted molar refractivity (Wildman–Crippen MR) is 38.4 cm³/mol. The molecule has 70 valence electrons. The number of hydrogen-bond acceptors (Lipinski definition) is 5. The molecule has 5 nitrogen and oxygen atoms in total. The molecule has 0 unspecified atom stereocenters. The first-order chi connectivity index (χ1) is 5.57. The Balaban J connectivity index is 2.71. The van der Waals surface area contributed by atoms with Gasteiger partial charge >= 0.3 is 5.97 Å². The zero-order valence-electron chi connectivity index (χ0n) is 6.93. The maximum Gasteiger partial charge on any atom is 0.338 e. The minimum Gasteiger partial charge on any atom is -0.455 e. The summed E-state index contributed by atoms with van der Waals surface area (Å²) in [5.41, 5.74) is 0. The summed E-state index contributed by atoms with van der Waals surface area (Å²) in [6.07, 6.45) is -3.65. The molecule has 0 saturated carbocycles. The zero-order chi connectivity index (χ0) is 9.30. The van der Waals surface area contributed by atoms with Crippen LogP contribution in [-0.4, -0.2) is 47.7 Å². The molecule has 0 spiro atoms. The van der Waals surface area contributed by atoms with Gasteiger partial charge in [-0.15, -0.1) is 0 Å². The molecule has 1 rings (SSSR count). The SMILES string of the molecule is CO[C@@H]1[C@@H]([C@H](C)O)OC(=O)[C@@H]1O. The fourth-order valence-corrected chi connectivity index (χ4v) is 1.22. The van der Waals surface area contributed by atoms with Gasteiger partial charge in [0.1, 0.15) is 6.10 Å². The van der Waals surface area contributed by atoms with Crippen molar-refractivity contribution in [2.75, 3.05) is 7.11 Å². The van der Waals surface area contributed by atoms with E-state index in [1.54, 1.807) is 0 Å². The van der Waals surface area contributed by atoms with E-state index in [2.05, 4.69) is 4.74 Å². The van der Waals surface area contributed by atoms with Gasteiger partial charge in [0.25, 0.3) is 0 Å². The Morgan fingerprint density at radius 1 is 1.67 bits per heavy atom. The van der Waals surface area contributed by atoms with E-state index < -0.39 is 30.4 Å². The summed E-state index contributed by atoms with van der Waals surface area (Å²) >= 11 is 0. The minimum atomic E-state index is -1.28. The first kappa shape index (κ1) is 9.44. The number of aliphatic hydroxyl groups is 2. The Hall–Kier alpha value is -0.650. The van der Waals surface area contributed by atoms with Crippen LogP contribution >= 0.6 is 0 Å². The lowest BCUT2D eigenvalue weighted by Crippen LogP contribution is -2.38. The molecule has 0 radical (unpaired) electrons. The van der Waals surface area contributed by atoms with Crippen LogP contribution in [0.4, 0.5) is 0 Å². The molecule has 2 N–H and O–H groups in total. The van der Waals surface area contributed by atoms with Gasteiger partial charge in [-0.3, -0.25) is 0 Å². The van der Waals surface area contributed by atoms with Gasteiger partial charge in [0.2, 0.25) is 0 Å². The lowest BCUT2D eigenvalue weighted by molar-refractivity contribution is -0.150. The Morgan fingerprint density at radius 2 is 2.25 bits per heavy atom. The number of esters is 1. The summed E-state index contributed by atoms with van der Waals surface area (Å²) in [4.78, 5) is 10.8. The Bertz CT molecular complexity index is 179. The molecule has 1 heterocycles. The summed E-state index contributed by atoms with van der Waals surface area (Å²) in [5, 5.41) is 18.3. The first-order valence-electron chi connectivity index (χ1n) is 3.67. The van der Waals surface area contributed by atoms with Crippen molar-refractivity contribution in [1.29, 1.82) is 0 Å². The molecule has 0 amide bonds. The number of rotatable bonds is 2. The quantitative estimate of drug-likeness (QED) is 0.510. The number of carbonyl (C=O) groups is 1. The molecule has 1 aliphatic rings. The van der Waals surface area contributed by atoms with Crippen LogP contribution in [-0.2, 0) is 14.3 Å². The summed E-state index contributed by atoms with van der Waals surface area (Å²) in [6, 6.07) is 0. The van der Waals surface area contributed by atoms with Crippen LogP contribution in [0.1, 0.15) is 6.92 Å². The van der Waals surface area contributed by atoms with Crippen LogP contribution in [0.2, 0.25) is 0 Å². The normalized spacial score (nSPS) is 38.0. The molecule has 1 saturated heterocycles. The summed E-state index contributed by atoms with van der Waals surface area (Å²) in [7, 11) is 1.35. The average molecular weight is 176 g/mol. The third kappa shape index (κ3) is 1.43. The number of cyclic esters (lactones) is 1. The van der Waals surface area contributed by atoms with E-state index in [9.17, 15) is 4.79 Å². The molecule has 0 aromatic rings. The minimum absolute atomic E-state index is 0.743. The van der Waals surface area contributed by atoms with Gasteiger partial charge in [0, 0.05) is 7.11 Å². The van der Waals surface area contributed by atoms with Gasteiger partial charge in [-0.1, -0.05) is 0 Å². The van der Waals surface area contributed by atoms with Crippen LogP contribution in [0.3, 0.4) is 0 Å². The van der Waals surface area contributed by atoms with E-state index in [0.29, 0.717) is 0 Å². The molecule has 1 fully saturated rings. The molecular weight excluding hydrogens is 164 g/mol. The van der Waals surface area contributed by atoms with Crippen molar-refractivity contribution in [2.24, 2.45) is 0 Å². The van der Waals surface area contributed by atoms with Crippen molar-refractivity contribution in [2.45, 2.75) is 31.3 Å². The number of ether oxygens (including phenoxy) is 2. The third-order valence-electron chi connectivity index (χ3n) is 1.88. The Morgan fingerprint density at radius 3 is 2.58 bits per heavy atom. The lowest BCUT2D eigenvalue weighted by atomic mass is 10.1. The van der Waals surface area contributed by atoms with Crippen molar-refractivity contribution in [3.63, 3.8) is 0 Å². The zero-order valence-corrected chi connectivity index (χ0v) is 6.93. The molecule has 0 aromatic heterocycles. The number of methoxy groups -OCH3 is 1. The fraction of sp³-hybridized carbons (Fsp3) is 0.857. The largest absolute Gasteiger partial charge is 0.455 e. The average Bonchev–Trinajstić information content (AvgIpc) is 2.29. The summed E-state index contributed by atoms with van der Waals surface area (Å²) in [6.45, 7) is 1.47.